The molecule has 132 valence electrons. The number of piperidine rings is 1. The maximum absolute atomic E-state index is 12.6. The Balaban J connectivity index is 1.45. The van der Waals surface area contributed by atoms with Gasteiger partial charge >= 0.3 is 11.8 Å². The fourth-order valence-corrected chi connectivity index (χ4v) is 3.15. The maximum atomic E-state index is 12.6. The van der Waals surface area contributed by atoms with Crippen LogP contribution in [0.3, 0.4) is 0 Å². The molecule has 0 saturated carbocycles. The number of aromatic nitrogens is 2. The smallest absolute Gasteiger partial charge is 0.311 e. The molecule has 1 amide bonds. The molecule has 2 aliphatic heterocycles. The van der Waals surface area contributed by atoms with Crippen molar-refractivity contribution in [3.8, 4) is 17.2 Å². The highest BCUT2D eigenvalue weighted by Crippen LogP contribution is 2.32. The van der Waals surface area contributed by atoms with Gasteiger partial charge in [-0.25, -0.2) is 0 Å². The number of likely N-dealkylation sites (tertiary alicyclic amines) is 1. The summed E-state index contributed by atoms with van der Waals surface area (Å²) in [6.45, 7) is 2.30. The second-order valence-corrected chi connectivity index (χ2v) is 6.04. The van der Waals surface area contributed by atoms with Crippen LogP contribution in [-0.2, 0) is 9.47 Å². The van der Waals surface area contributed by atoms with E-state index in [9.17, 15) is 4.79 Å². The number of ether oxygens (including phenoxy) is 3. The van der Waals surface area contributed by atoms with Gasteiger partial charge in [0.05, 0.1) is 20.3 Å². The van der Waals surface area contributed by atoms with Crippen molar-refractivity contribution in [1.29, 1.82) is 0 Å². The van der Waals surface area contributed by atoms with Crippen LogP contribution in [0.1, 0.15) is 23.5 Å². The average Bonchev–Trinajstić information content (AvgIpc) is 3.32. The van der Waals surface area contributed by atoms with E-state index < -0.39 is 5.79 Å². The average molecular weight is 345 g/mol. The van der Waals surface area contributed by atoms with Crippen LogP contribution in [0.15, 0.2) is 28.7 Å². The van der Waals surface area contributed by atoms with Gasteiger partial charge in [-0.1, -0.05) is 6.07 Å². The molecular formula is C17H19N3O5. The first-order valence-electron chi connectivity index (χ1n) is 8.24. The van der Waals surface area contributed by atoms with Gasteiger partial charge in [0.2, 0.25) is 5.89 Å². The van der Waals surface area contributed by atoms with Crippen LogP contribution in [0.5, 0.6) is 5.75 Å². The zero-order valence-electron chi connectivity index (χ0n) is 13.9. The highest BCUT2D eigenvalue weighted by molar-refractivity contribution is 5.89. The number of carbonyl (C=O) groups excluding carboxylic acids is 1. The Labute approximate surface area is 144 Å². The Morgan fingerprint density at radius 2 is 1.96 bits per heavy atom. The maximum Gasteiger partial charge on any atom is 0.311 e. The molecule has 0 bridgehead atoms. The van der Waals surface area contributed by atoms with E-state index in [1.165, 1.54) is 0 Å². The van der Waals surface area contributed by atoms with Crippen molar-refractivity contribution in [3.63, 3.8) is 0 Å². The molecule has 1 aromatic carbocycles. The fourth-order valence-electron chi connectivity index (χ4n) is 3.15. The summed E-state index contributed by atoms with van der Waals surface area (Å²) in [6, 6.07) is 7.25. The van der Waals surface area contributed by atoms with E-state index in [0.717, 1.165) is 0 Å². The van der Waals surface area contributed by atoms with Gasteiger partial charge < -0.3 is 23.5 Å². The Bertz CT molecular complexity index is 759. The first-order valence-corrected chi connectivity index (χ1v) is 8.24. The predicted octanol–water partition coefficient (Wildman–Crippen LogP) is 1.72. The first-order chi connectivity index (χ1) is 12.2. The number of rotatable bonds is 3. The zero-order valence-corrected chi connectivity index (χ0v) is 13.9. The molecular weight excluding hydrogens is 326 g/mol. The number of carbonyl (C=O) groups is 1. The summed E-state index contributed by atoms with van der Waals surface area (Å²) >= 11 is 0. The summed E-state index contributed by atoms with van der Waals surface area (Å²) in [6.07, 6.45) is 1.30. The van der Waals surface area contributed by atoms with Gasteiger partial charge in [-0.15, -0.1) is 10.2 Å². The van der Waals surface area contributed by atoms with Crippen molar-refractivity contribution in [2.24, 2.45) is 0 Å². The molecule has 2 aliphatic rings. The molecule has 3 heterocycles. The molecule has 25 heavy (non-hydrogen) atoms. The Morgan fingerprint density at radius 3 is 2.68 bits per heavy atom. The molecule has 2 aromatic rings. The lowest BCUT2D eigenvalue weighted by molar-refractivity contribution is -0.181. The van der Waals surface area contributed by atoms with Crippen LogP contribution < -0.4 is 4.74 Å². The Kier molecular flexibility index (Phi) is 4.14. The third-order valence-corrected chi connectivity index (χ3v) is 4.55. The number of nitrogens with zero attached hydrogens (tertiary/aromatic N) is 3. The number of amides is 1. The van der Waals surface area contributed by atoms with Crippen molar-refractivity contribution in [1.82, 2.24) is 15.1 Å². The number of methoxy groups -OCH3 is 1. The van der Waals surface area contributed by atoms with Gasteiger partial charge in [-0.2, -0.15) is 0 Å². The lowest BCUT2D eigenvalue weighted by Gasteiger charge is -2.36. The van der Waals surface area contributed by atoms with Gasteiger partial charge in [0.1, 0.15) is 5.75 Å². The first kappa shape index (κ1) is 16.0. The van der Waals surface area contributed by atoms with E-state index in [4.69, 9.17) is 18.6 Å². The minimum Gasteiger partial charge on any atom is -0.497 e. The molecule has 8 nitrogen and oxygen atoms in total. The van der Waals surface area contributed by atoms with Gasteiger partial charge in [0, 0.05) is 31.5 Å². The van der Waals surface area contributed by atoms with Crippen LogP contribution in [0.25, 0.3) is 11.5 Å². The highest BCUT2D eigenvalue weighted by Gasteiger charge is 2.41. The molecule has 0 aliphatic carbocycles. The molecule has 8 heteroatoms. The SMILES string of the molecule is COc1cccc(-c2nnc(C(=O)N3CCC4(CC3)OCCO4)o2)c1. The van der Waals surface area contributed by atoms with E-state index in [1.807, 2.05) is 18.2 Å². The van der Waals surface area contributed by atoms with Crippen molar-refractivity contribution in [3.05, 3.63) is 30.2 Å². The van der Waals surface area contributed by atoms with Crippen LogP contribution in [0, 0.1) is 0 Å². The fraction of sp³-hybridized carbons (Fsp3) is 0.471. The summed E-state index contributed by atoms with van der Waals surface area (Å²) in [7, 11) is 1.59. The molecule has 2 fully saturated rings. The third kappa shape index (κ3) is 3.10. The van der Waals surface area contributed by atoms with E-state index in [2.05, 4.69) is 10.2 Å². The minimum atomic E-state index is -0.516. The molecule has 1 aromatic heterocycles. The van der Waals surface area contributed by atoms with E-state index in [1.54, 1.807) is 18.1 Å². The predicted molar refractivity (Wildman–Crippen MR) is 86.1 cm³/mol. The third-order valence-electron chi connectivity index (χ3n) is 4.55. The van der Waals surface area contributed by atoms with E-state index >= 15 is 0 Å². The molecule has 0 atom stereocenters. The standard InChI is InChI=1S/C17H19N3O5/c1-22-13-4-2-3-12(11-13)14-18-19-15(25-14)16(21)20-7-5-17(6-8-20)23-9-10-24-17/h2-4,11H,5-10H2,1H3. The number of benzene rings is 1. The molecule has 1 spiro atoms. The summed E-state index contributed by atoms with van der Waals surface area (Å²) in [5.74, 6) is 0.174. The van der Waals surface area contributed by atoms with Crippen molar-refractivity contribution in [2.45, 2.75) is 18.6 Å². The molecule has 0 unspecified atom stereocenters. The minimum absolute atomic E-state index is 0.0120. The van der Waals surface area contributed by atoms with Gasteiger partial charge in [0.15, 0.2) is 5.79 Å². The van der Waals surface area contributed by atoms with Crippen LogP contribution >= 0.6 is 0 Å². The lowest BCUT2D eigenvalue weighted by Crippen LogP contribution is -2.47. The molecule has 4 rings (SSSR count). The lowest BCUT2D eigenvalue weighted by atomic mass is 10.0. The van der Waals surface area contributed by atoms with Crippen molar-refractivity contribution in [2.75, 3.05) is 33.4 Å². The van der Waals surface area contributed by atoms with Crippen LogP contribution in [-0.4, -0.2) is 60.2 Å². The Hall–Kier alpha value is -2.45. The number of hydrogen-bond acceptors (Lipinski definition) is 7. The van der Waals surface area contributed by atoms with Crippen molar-refractivity contribution < 1.29 is 23.4 Å². The Morgan fingerprint density at radius 1 is 1.20 bits per heavy atom. The van der Waals surface area contributed by atoms with E-state index in [-0.39, 0.29) is 17.7 Å². The molecule has 2 saturated heterocycles. The normalized spacial score (nSPS) is 19.3. The molecule has 0 N–H and O–H groups in total. The second kappa shape index (κ2) is 6.45. The summed E-state index contributed by atoms with van der Waals surface area (Å²) in [5, 5.41) is 7.88. The van der Waals surface area contributed by atoms with Crippen molar-refractivity contribution >= 4 is 5.91 Å². The van der Waals surface area contributed by atoms with Gasteiger partial charge in [-0.05, 0) is 18.2 Å². The topological polar surface area (TPSA) is 86.9 Å². The molecule has 0 radical (unpaired) electrons. The van der Waals surface area contributed by atoms with Crippen LogP contribution in [0.2, 0.25) is 0 Å². The van der Waals surface area contributed by atoms with Crippen LogP contribution in [0.4, 0.5) is 0 Å². The van der Waals surface area contributed by atoms with Gasteiger partial charge in [-0.3, -0.25) is 4.79 Å². The van der Waals surface area contributed by atoms with Gasteiger partial charge in [0.25, 0.3) is 0 Å². The number of hydrogen-bond donors (Lipinski definition) is 0. The van der Waals surface area contributed by atoms with E-state index in [0.29, 0.717) is 50.5 Å². The second-order valence-electron chi connectivity index (χ2n) is 6.04. The largest absolute Gasteiger partial charge is 0.497 e. The summed E-state index contributed by atoms with van der Waals surface area (Å²) in [4.78, 5) is 14.3. The summed E-state index contributed by atoms with van der Waals surface area (Å²) in [5.41, 5.74) is 0.705. The summed E-state index contributed by atoms with van der Waals surface area (Å²) < 4.78 is 22.1. The highest BCUT2D eigenvalue weighted by atomic mass is 16.7. The zero-order chi connectivity index (χ0) is 17.3. The monoisotopic (exact) mass is 345 g/mol. The quantitative estimate of drug-likeness (QED) is 0.837.